The Bertz CT molecular complexity index is 608. The lowest BCUT2D eigenvalue weighted by Crippen LogP contribution is -2.38. The van der Waals surface area contributed by atoms with E-state index >= 15 is 0 Å². The van der Waals surface area contributed by atoms with Gasteiger partial charge in [-0.05, 0) is 11.3 Å². The van der Waals surface area contributed by atoms with Crippen molar-refractivity contribution in [2.24, 2.45) is 0 Å². The number of aliphatic hydroxyl groups is 1. The molecule has 0 aromatic heterocycles. The Balaban J connectivity index is 2.32. The molecule has 0 saturated carbocycles. The highest BCUT2D eigenvalue weighted by molar-refractivity contribution is 5.69. The number of rotatable bonds is 2. The smallest absolute Gasteiger partial charge is 0.142 e. The average molecular weight is 226 g/mol. The van der Waals surface area contributed by atoms with Crippen LogP contribution < -0.4 is 10.4 Å². The fourth-order valence-corrected chi connectivity index (χ4v) is 2.36. The second-order valence-electron chi connectivity index (χ2n) is 4.18. The van der Waals surface area contributed by atoms with Crippen LogP contribution in [0.3, 0.4) is 0 Å². The highest BCUT2D eigenvalue weighted by Crippen LogP contribution is 2.21. The molecule has 0 spiro atoms. The molecule has 0 amide bonds. The molecule has 1 aromatic rings. The topological polar surface area (TPSA) is 29.5 Å². The van der Waals surface area contributed by atoms with Gasteiger partial charge < -0.3 is 9.84 Å². The number of ether oxygens (including phenoxy) is 1. The predicted octanol–water partition coefficient (Wildman–Crippen LogP) is 0.853. The van der Waals surface area contributed by atoms with Crippen molar-refractivity contribution in [1.82, 2.24) is 0 Å². The van der Waals surface area contributed by atoms with E-state index in [-0.39, 0.29) is 12.7 Å². The van der Waals surface area contributed by atoms with Gasteiger partial charge in [0.2, 0.25) is 0 Å². The predicted molar refractivity (Wildman–Crippen MR) is 67.4 cm³/mol. The summed E-state index contributed by atoms with van der Waals surface area (Å²) >= 11 is 0. The van der Waals surface area contributed by atoms with Crippen molar-refractivity contribution < 1.29 is 9.84 Å². The monoisotopic (exact) mass is 226 g/mol. The van der Waals surface area contributed by atoms with Crippen LogP contribution >= 0.6 is 0 Å². The number of hydrogen-bond donors (Lipinski definition) is 1. The Morgan fingerprint density at radius 1 is 1.12 bits per heavy atom. The molecule has 0 radical (unpaired) electrons. The summed E-state index contributed by atoms with van der Waals surface area (Å²) in [5.74, 6) is 0.886. The van der Waals surface area contributed by atoms with Gasteiger partial charge >= 0.3 is 0 Å². The molecule has 1 atom stereocenters. The molecular weight excluding hydrogens is 212 g/mol. The molecule has 86 valence electrons. The van der Waals surface area contributed by atoms with Crippen LogP contribution in [0.4, 0.5) is 0 Å². The zero-order valence-corrected chi connectivity index (χ0v) is 9.47. The Labute approximate surface area is 99.9 Å². The van der Waals surface area contributed by atoms with Crippen molar-refractivity contribution in [2.75, 3.05) is 6.61 Å². The molecule has 2 heteroatoms. The van der Waals surface area contributed by atoms with E-state index in [0.717, 1.165) is 11.0 Å². The molecule has 0 fully saturated rings. The normalized spacial score (nSPS) is 20.9. The molecule has 0 bridgehead atoms. The van der Waals surface area contributed by atoms with Gasteiger partial charge in [-0.15, -0.1) is 0 Å². The quantitative estimate of drug-likeness (QED) is 0.810. The van der Waals surface area contributed by atoms with Crippen LogP contribution in [-0.2, 0) is 4.74 Å². The van der Waals surface area contributed by atoms with Crippen LogP contribution in [0.1, 0.15) is 6.42 Å². The average Bonchev–Trinajstić information content (AvgIpc) is 2.39. The first-order valence-corrected chi connectivity index (χ1v) is 5.85. The highest BCUT2D eigenvalue weighted by atomic mass is 16.5. The molecule has 2 nitrogen and oxygen atoms in total. The van der Waals surface area contributed by atoms with E-state index in [1.165, 1.54) is 10.8 Å². The Kier molecular flexibility index (Phi) is 2.57. The minimum absolute atomic E-state index is 0.00329. The van der Waals surface area contributed by atoms with Crippen molar-refractivity contribution >= 4 is 11.3 Å². The molecule has 1 N–H and O–H groups in total. The number of aliphatic hydroxyl groups excluding tert-OH is 1. The highest BCUT2D eigenvalue weighted by Gasteiger charge is 2.20. The molecule has 17 heavy (non-hydrogen) atoms. The van der Waals surface area contributed by atoms with E-state index < -0.39 is 0 Å². The van der Waals surface area contributed by atoms with E-state index in [1.807, 2.05) is 30.4 Å². The van der Waals surface area contributed by atoms with Gasteiger partial charge in [0, 0.05) is 17.2 Å². The molecule has 3 rings (SSSR count). The van der Waals surface area contributed by atoms with E-state index in [1.54, 1.807) is 0 Å². The van der Waals surface area contributed by atoms with Gasteiger partial charge in [-0.3, -0.25) is 0 Å². The molecule has 0 saturated heterocycles. The summed E-state index contributed by atoms with van der Waals surface area (Å²) < 4.78 is 5.94. The second-order valence-corrected chi connectivity index (χ2v) is 4.18. The number of hydrogen-bond acceptors (Lipinski definition) is 2. The Morgan fingerprint density at radius 3 is 2.76 bits per heavy atom. The van der Waals surface area contributed by atoms with Crippen LogP contribution in [-0.4, -0.2) is 17.8 Å². The van der Waals surface area contributed by atoms with Gasteiger partial charge in [-0.25, -0.2) is 0 Å². The molecule has 2 aliphatic rings. The third kappa shape index (κ3) is 1.71. The van der Waals surface area contributed by atoms with Gasteiger partial charge in [0.15, 0.2) is 0 Å². The first kappa shape index (κ1) is 10.4. The fourth-order valence-electron chi connectivity index (χ4n) is 2.36. The van der Waals surface area contributed by atoms with Crippen molar-refractivity contribution in [3.8, 4) is 0 Å². The van der Waals surface area contributed by atoms with Crippen LogP contribution in [0, 0.1) is 0 Å². The summed E-state index contributed by atoms with van der Waals surface area (Å²) in [6.45, 7) is 0.116. The maximum Gasteiger partial charge on any atom is 0.142 e. The van der Waals surface area contributed by atoms with Crippen LogP contribution in [0.2, 0.25) is 0 Å². The van der Waals surface area contributed by atoms with Crippen LogP contribution in [0.25, 0.3) is 11.3 Å². The molecule has 1 aliphatic carbocycles. The SMILES string of the molecule is OCCC1=c2ccccc2=C2C=CC=CC2O1. The van der Waals surface area contributed by atoms with Crippen molar-refractivity contribution in [2.45, 2.75) is 12.5 Å². The zero-order chi connectivity index (χ0) is 11.7. The lowest BCUT2D eigenvalue weighted by Gasteiger charge is -2.25. The van der Waals surface area contributed by atoms with E-state index in [0.29, 0.717) is 6.42 Å². The molecule has 1 unspecified atom stereocenters. The second kappa shape index (κ2) is 4.22. The molecular formula is C15H14O2. The fraction of sp³-hybridized carbons (Fsp3) is 0.200. The first-order chi connectivity index (χ1) is 8.40. The van der Waals surface area contributed by atoms with Gasteiger partial charge in [0.05, 0.1) is 6.61 Å². The minimum Gasteiger partial charge on any atom is -0.485 e. The standard InChI is InChI=1S/C15H14O2/c16-10-9-15-13-6-2-1-5-11(13)12-7-3-4-8-14(12)17-15/h1-8,14,16H,9-10H2. The third-order valence-electron chi connectivity index (χ3n) is 3.13. The first-order valence-electron chi connectivity index (χ1n) is 5.85. The molecule has 1 aromatic carbocycles. The summed E-state index contributed by atoms with van der Waals surface area (Å²) in [6, 6.07) is 8.20. The summed E-state index contributed by atoms with van der Waals surface area (Å²) in [6.07, 6.45) is 8.73. The lowest BCUT2D eigenvalue weighted by molar-refractivity contribution is 0.222. The van der Waals surface area contributed by atoms with Crippen molar-refractivity contribution in [3.63, 3.8) is 0 Å². The zero-order valence-electron chi connectivity index (χ0n) is 9.47. The summed E-state index contributed by atoms with van der Waals surface area (Å²) in [7, 11) is 0. The number of allylic oxidation sites excluding steroid dienone is 2. The summed E-state index contributed by atoms with van der Waals surface area (Å²) in [4.78, 5) is 0. The Morgan fingerprint density at radius 2 is 1.94 bits per heavy atom. The lowest BCUT2D eigenvalue weighted by atomic mass is 9.97. The number of fused-ring (bicyclic) bond motifs is 2. The van der Waals surface area contributed by atoms with E-state index in [4.69, 9.17) is 9.84 Å². The number of benzene rings is 1. The third-order valence-corrected chi connectivity index (χ3v) is 3.13. The summed E-state index contributed by atoms with van der Waals surface area (Å²) in [5, 5.41) is 11.4. The van der Waals surface area contributed by atoms with E-state index in [9.17, 15) is 0 Å². The van der Waals surface area contributed by atoms with Crippen LogP contribution in [0.15, 0.2) is 48.6 Å². The molecule has 1 heterocycles. The van der Waals surface area contributed by atoms with Gasteiger partial charge in [-0.2, -0.15) is 0 Å². The van der Waals surface area contributed by atoms with Crippen LogP contribution in [0.5, 0.6) is 0 Å². The maximum absolute atomic E-state index is 9.10. The van der Waals surface area contributed by atoms with Gasteiger partial charge in [0.1, 0.15) is 11.9 Å². The van der Waals surface area contributed by atoms with Gasteiger partial charge in [0.25, 0.3) is 0 Å². The van der Waals surface area contributed by atoms with Crippen molar-refractivity contribution in [3.05, 3.63) is 59.0 Å². The largest absolute Gasteiger partial charge is 0.485 e. The van der Waals surface area contributed by atoms with Crippen molar-refractivity contribution in [1.29, 1.82) is 0 Å². The molecule has 1 aliphatic heterocycles. The Hall–Kier alpha value is -1.80. The minimum atomic E-state index is -0.00329. The maximum atomic E-state index is 9.10. The van der Waals surface area contributed by atoms with E-state index in [2.05, 4.69) is 18.2 Å². The van der Waals surface area contributed by atoms with Gasteiger partial charge in [-0.1, -0.05) is 42.5 Å². The summed E-state index contributed by atoms with van der Waals surface area (Å²) in [5.41, 5.74) is 1.20.